The molecule has 39 heavy (non-hydrogen) atoms. The van der Waals surface area contributed by atoms with E-state index in [-0.39, 0.29) is 6.04 Å². The van der Waals surface area contributed by atoms with E-state index in [2.05, 4.69) is 127 Å². The normalized spacial score (nSPS) is 19.6. The molecule has 0 bridgehead atoms. The first-order valence-electron chi connectivity index (χ1n) is 13.6. The van der Waals surface area contributed by atoms with Crippen LogP contribution >= 0.6 is 11.3 Å². The van der Waals surface area contributed by atoms with Gasteiger partial charge in [0, 0.05) is 56.4 Å². The molecule has 2 aliphatic rings. The number of benzene rings is 3. The van der Waals surface area contributed by atoms with Crippen molar-refractivity contribution in [2.24, 2.45) is 11.0 Å². The first-order valence-corrected chi connectivity index (χ1v) is 14.5. The van der Waals surface area contributed by atoms with Gasteiger partial charge in [-0.05, 0) is 66.3 Å². The van der Waals surface area contributed by atoms with Gasteiger partial charge in [-0.15, -0.1) is 11.3 Å². The zero-order valence-corrected chi connectivity index (χ0v) is 23.9. The number of thiazole rings is 1. The van der Waals surface area contributed by atoms with E-state index in [1.165, 1.54) is 40.2 Å². The van der Waals surface area contributed by atoms with Crippen molar-refractivity contribution in [2.75, 3.05) is 43.0 Å². The largest absolute Gasteiger partial charge is 0.378 e. The molecule has 1 aliphatic carbocycles. The van der Waals surface area contributed by atoms with Crippen LogP contribution in [0.4, 0.5) is 16.5 Å². The van der Waals surface area contributed by atoms with Gasteiger partial charge in [0.25, 0.3) is 0 Å². The Morgan fingerprint density at radius 1 is 0.846 bits per heavy atom. The molecular weight excluding hydrogens is 498 g/mol. The predicted molar refractivity (Wildman–Crippen MR) is 167 cm³/mol. The molecule has 1 aliphatic heterocycles. The second-order valence-corrected chi connectivity index (χ2v) is 11.6. The molecule has 0 N–H and O–H groups in total. The third-order valence-electron chi connectivity index (χ3n) is 7.76. The quantitative estimate of drug-likeness (QED) is 0.254. The average Bonchev–Trinajstić information content (AvgIpc) is 3.60. The molecule has 0 saturated heterocycles. The van der Waals surface area contributed by atoms with E-state index in [1.807, 2.05) is 6.07 Å². The Balaban J connectivity index is 1.39. The molecule has 3 aromatic carbocycles. The highest BCUT2D eigenvalue weighted by Crippen LogP contribution is 2.47. The maximum Gasteiger partial charge on any atom is 0.207 e. The number of hydrogen-bond acceptors (Lipinski definition) is 6. The fourth-order valence-electron chi connectivity index (χ4n) is 5.64. The van der Waals surface area contributed by atoms with Crippen molar-refractivity contribution in [3.8, 4) is 11.3 Å². The second kappa shape index (κ2) is 10.7. The smallest absolute Gasteiger partial charge is 0.207 e. The highest BCUT2D eigenvalue weighted by Gasteiger charge is 2.42. The van der Waals surface area contributed by atoms with Crippen molar-refractivity contribution in [1.29, 1.82) is 0 Å². The Morgan fingerprint density at radius 2 is 1.51 bits per heavy atom. The number of hydrazone groups is 1. The van der Waals surface area contributed by atoms with Crippen LogP contribution in [-0.4, -0.2) is 38.9 Å². The fourth-order valence-corrected chi connectivity index (χ4v) is 6.46. The average molecular weight is 534 g/mol. The Hall–Kier alpha value is -3.90. The summed E-state index contributed by atoms with van der Waals surface area (Å²) in [4.78, 5) is 9.36. The van der Waals surface area contributed by atoms with Gasteiger partial charge in [0.2, 0.25) is 5.13 Å². The van der Waals surface area contributed by atoms with Crippen LogP contribution in [0.5, 0.6) is 0 Å². The molecule has 2 heterocycles. The minimum absolute atomic E-state index is 0.130. The lowest BCUT2D eigenvalue weighted by molar-refractivity contribution is 0.487. The number of nitrogens with zero attached hydrogens (tertiary/aromatic N) is 5. The van der Waals surface area contributed by atoms with Gasteiger partial charge in [0.05, 0.1) is 17.4 Å². The molecule has 0 radical (unpaired) electrons. The molecule has 1 fully saturated rings. The first kappa shape index (κ1) is 25.4. The highest BCUT2D eigenvalue weighted by molar-refractivity contribution is 7.14. The van der Waals surface area contributed by atoms with E-state index < -0.39 is 0 Å². The van der Waals surface area contributed by atoms with Crippen LogP contribution in [0.1, 0.15) is 36.4 Å². The standard InChI is InChI=1S/C33H35N5S/c1-36(2)27-17-13-23(14-18-27)21-26-11-8-12-29-31(26)35-38(32(29)25-15-19-28(20-16-25)37(3)4)33-34-30(22-39-33)24-9-6-5-7-10-24/h5-7,9-10,13-22,29,32H,8,11-12H2,1-4H3/b26-21+/t29-,32-/m0/s1. The molecular formula is C33H35N5S. The van der Waals surface area contributed by atoms with Crippen LogP contribution in [0, 0.1) is 5.92 Å². The minimum Gasteiger partial charge on any atom is -0.378 e. The summed E-state index contributed by atoms with van der Waals surface area (Å²) in [5.74, 6) is 0.334. The van der Waals surface area contributed by atoms with Crippen LogP contribution < -0.4 is 14.8 Å². The Morgan fingerprint density at radius 3 is 2.18 bits per heavy atom. The summed E-state index contributed by atoms with van der Waals surface area (Å²) in [6.07, 6.45) is 5.69. The van der Waals surface area contributed by atoms with E-state index in [4.69, 9.17) is 10.1 Å². The Kier molecular flexibility index (Phi) is 6.96. The van der Waals surface area contributed by atoms with E-state index in [9.17, 15) is 0 Å². The predicted octanol–water partition coefficient (Wildman–Crippen LogP) is 7.74. The monoisotopic (exact) mass is 533 g/mol. The van der Waals surface area contributed by atoms with Crippen LogP contribution in [0.3, 0.4) is 0 Å². The van der Waals surface area contributed by atoms with Gasteiger partial charge in [-0.1, -0.05) is 54.6 Å². The molecule has 6 heteroatoms. The summed E-state index contributed by atoms with van der Waals surface area (Å²) in [7, 11) is 8.33. The molecule has 2 atom stereocenters. The van der Waals surface area contributed by atoms with E-state index >= 15 is 0 Å². The van der Waals surface area contributed by atoms with Gasteiger partial charge in [-0.2, -0.15) is 5.10 Å². The molecule has 0 amide bonds. The lowest BCUT2D eigenvalue weighted by atomic mass is 9.77. The summed E-state index contributed by atoms with van der Waals surface area (Å²) in [6.45, 7) is 0. The molecule has 6 rings (SSSR count). The molecule has 1 saturated carbocycles. The third-order valence-corrected chi connectivity index (χ3v) is 8.59. The van der Waals surface area contributed by atoms with Crippen LogP contribution in [-0.2, 0) is 0 Å². The molecule has 5 nitrogen and oxygen atoms in total. The number of hydrogen-bond donors (Lipinski definition) is 0. The minimum atomic E-state index is 0.130. The first-order chi connectivity index (χ1) is 19.0. The third kappa shape index (κ3) is 5.09. The summed E-state index contributed by atoms with van der Waals surface area (Å²) in [6, 6.07) is 28.3. The molecule has 4 aromatic rings. The van der Waals surface area contributed by atoms with Gasteiger partial charge < -0.3 is 9.80 Å². The summed E-state index contributed by atoms with van der Waals surface area (Å²) in [5, 5.41) is 10.6. The van der Waals surface area contributed by atoms with Crippen LogP contribution in [0.15, 0.2) is 94.9 Å². The Bertz CT molecular complexity index is 1480. The van der Waals surface area contributed by atoms with Crippen molar-refractivity contribution in [2.45, 2.75) is 25.3 Å². The number of aromatic nitrogens is 1. The van der Waals surface area contributed by atoms with Crippen LogP contribution in [0.2, 0.25) is 0 Å². The highest BCUT2D eigenvalue weighted by atomic mass is 32.1. The van der Waals surface area contributed by atoms with Crippen molar-refractivity contribution < 1.29 is 0 Å². The van der Waals surface area contributed by atoms with Gasteiger partial charge >= 0.3 is 0 Å². The topological polar surface area (TPSA) is 35.0 Å². The SMILES string of the molecule is CN(C)c1ccc(/C=C2\CCC[C@H]3C2=NN(c2nc(-c4ccccc4)cs2)[C@H]3c2ccc(N(C)C)cc2)cc1. The number of anilines is 3. The maximum atomic E-state index is 5.34. The molecule has 0 unspecified atom stereocenters. The second-order valence-electron chi connectivity index (χ2n) is 10.8. The zero-order chi connectivity index (χ0) is 26.9. The fraction of sp³-hybridized carbons (Fsp3) is 0.273. The molecule has 198 valence electrons. The lowest BCUT2D eigenvalue weighted by Gasteiger charge is -2.29. The number of rotatable bonds is 6. The Labute approximate surface area is 235 Å². The number of allylic oxidation sites excluding steroid dienone is 1. The summed E-state index contributed by atoms with van der Waals surface area (Å²) < 4.78 is 0. The summed E-state index contributed by atoms with van der Waals surface area (Å²) in [5.41, 5.74) is 9.64. The summed E-state index contributed by atoms with van der Waals surface area (Å²) >= 11 is 1.68. The lowest BCUT2D eigenvalue weighted by Crippen LogP contribution is -2.28. The van der Waals surface area contributed by atoms with Crippen molar-refractivity contribution in [3.05, 3.63) is 101 Å². The van der Waals surface area contributed by atoms with Crippen molar-refractivity contribution >= 4 is 39.6 Å². The van der Waals surface area contributed by atoms with Crippen molar-refractivity contribution in [1.82, 2.24) is 4.98 Å². The number of fused-ring (bicyclic) bond motifs is 1. The molecule has 1 aromatic heterocycles. The van der Waals surface area contributed by atoms with E-state index in [0.717, 1.165) is 29.2 Å². The van der Waals surface area contributed by atoms with Crippen LogP contribution in [0.25, 0.3) is 17.3 Å². The van der Waals surface area contributed by atoms with Gasteiger partial charge in [-0.25, -0.2) is 9.99 Å². The van der Waals surface area contributed by atoms with Crippen molar-refractivity contribution in [3.63, 3.8) is 0 Å². The molecule has 0 spiro atoms. The zero-order valence-electron chi connectivity index (χ0n) is 23.1. The van der Waals surface area contributed by atoms with Gasteiger partial charge in [0.1, 0.15) is 0 Å². The van der Waals surface area contributed by atoms with Gasteiger partial charge in [0.15, 0.2) is 0 Å². The van der Waals surface area contributed by atoms with Gasteiger partial charge in [-0.3, -0.25) is 0 Å². The van der Waals surface area contributed by atoms with E-state index in [0.29, 0.717) is 5.92 Å². The maximum absolute atomic E-state index is 5.34. The van der Waals surface area contributed by atoms with E-state index in [1.54, 1.807) is 11.3 Å².